The predicted molar refractivity (Wildman–Crippen MR) is 83.5 cm³/mol. The average Bonchev–Trinajstić information content (AvgIpc) is 3.31. The molecule has 1 aliphatic rings. The van der Waals surface area contributed by atoms with Crippen LogP contribution in [-0.4, -0.2) is 29.8 Å². The second kappa shape index (κ2) is 6.92. The molecule has 1 amide bonds. The van der Waals surface area contributed by atoms with Gasteiger partial charge in [0.2, 0.25) is 5.91 Å². The summed E-state index contributed by atoms with van der Waals surface area (Å²) in [5.41, 5.74) is 0.00884. The molecule has 120 valence electrons. The van der Waals surface area contributed by atoms with Crippen LogP contribution in [0.5, 0.6) is 5.75 Å². The van der Waals surface area contributed by atoms with Crippen molar-refractivity contribution in [2.45, 2.75) is 31.3 Å². The van der Waals surface area contributed by atoms with Crippen molar-refractivity contribution in [2.75, 3.05) is 12.4 Å². The second-order valence-corrected chi connectivity index (χ2v) is 5.15. The Bertz CT molecular complexity index is 685. The third kappa shape index (κ3) is 4.30. The van der Waals surface area contributed by atoms with Crippen molar-refractivity contribution < 1.29 is 19.4 Å². The molecule has 7 nitrogen and oxygen atoms in total. The van der Waals surface area contributed by atoms with Crippen LogP contribution >= 0.6 is 0 Å². The maximum absolute atomic E-state index is 12.0. The van der Waals surface area contributed by atoms with E-state index in [2.05, 4.69) is 21.5 Å². The van der Waals surface area contributed by atoms with Gasteiger partial charge in [-0.05, 0) is 18.2 Å². The predicted octanol–water partition coefficient (Wildman–Crippen LogP) is 2.69. The quantitative estimate of drug-likeness (QED) is 0.720. The molecular weight excluding hydrogens is 298 g/mol. The summed E-state index contributed by atoms with van der Waals surface area (Å²) < 4.78 is 5.11. The minimum absolute atomic E-state index is 0.0867. The molecule has 7 heteroatoms. The molecule has 0 bridgehead atoms. The van der Waals surface area contributed by atoms with E-state index in [1.165, 1.54) is 25.3 Å². The van der Waals surface area contributed by atoms with E-state index in [9.17, 15) is 9.59 Å². The van der Waals surface area contributed by atoms with Gasteiger partial charge >= 0.3 is 5.97 Å². The molecule has 0 spiro atoms. The molecule has 0 aliphatic carbocycles. The number of ether oxygens (including phenoxy) is 1. The number of hydrogen-bond acceptors (Lipinski definition) is 5. The Hall–Kier alpha value is -2.88. The third-order valence-electron chi connectivity index (χ3n) is 3.53. The molecule has 1 aromatic rings. The van der Waals surface area contributed by atoms with Gasteiger partial charge in [-0.3, -0.25) is 4.79 Å². The Morgan fingerprint density at radius 3 is 2.70 bits per heavy atom. The van der Waals surface area contributed by atoms with Gasteiger partial charge in [-0.1, -0.05) is 0 Å². The summed E-state index contributed by atoms with van der Waals surface area (Å²) in [7, 11) is 1.41. The number of benzene rings is 1. The average molecular weight is 315 g/mol. The highest BCUT2D eigenvalue weighted by Gasteiger charge is 2.39. The van der Waals surface area contributed by atoms with Crippen LogP contribution in [0.2, 0.25) is 0 Å². The largest absolute Gasteiger partial charge is 0.495 e. The number of nitrogens with one attached hydrogen (secondary N) is 1. The molecule has 0 saturated carbocycles. The van der Waals surface area contributed by atoms with Crippen molar-refractivity contribution in [3.63, 3.8) is 0 Å². The highest BCUT2D eigenvalue weighted by atomic mass is 16.5. The number of amides is 1. The minimum atomic E-state index is -1.06. The molecule has 0 atom stereocenters. The molecule has 1 aliphatic heterocycles. The zero-order valence-corrected chi connectivity index (χ0v) is 12.7. The maximum Gasteiger partial charge on any atom is 0.335 e. The van der Waals surface area contributed by atoms with Crippen molar-refractivity contribution in [3.8, 4) is 18.1 Å². The number of carboxylic acids is 1. The van der Waals surface area contributed by atoms with E-state index in [1.807, 2.05) is 0 Å². The number of anilines is 1. The van der Waals surface area contributed by atoms with E-state index in [-0.39, 0.29) is 17.9 Å². The Morgan fingerprint density at radius 1 is 1.39 bits per heavy atom. The summed E-state index contributed by atoms with van der Waals surface area (Å²) in [6.45, 7) is 0. The van der Waals surface area contributed by atoms with Crippen LogP contribution in [-0.2, 0) is 4.79 Å². The molecule has 2 N–H and O–H groups in total. The minimum Gasteiger partial charge on any atom is -0.495 e. The first-order valence-corrected chi connectivity index (χ1v) is 7.08. The molecule has 23 heavy (non-hydrogen) atoms. The van der Waals surface area contributed by atoms with Gasteiger partial charge in [-0.15, -0.1) is 12.3 Å². The van der Waals surface area contributed by atoms with E-state index in [4.69, 9.17) is 16.3 Å². The number of carboxylic acid groups (broad SMARTS) is 1. The van der Waals surface area contributed by atoms with E-state index in [0.717, 1.165) is 0 Å². The van der Waals surface area contributed by atoms with Crippen molar-refractivity contribution >= 4 is 17.6 Å². The Kier molecular flexibility index (Phi) is 4.96. The zero-order chi connectivity index (χ0) is 16.9. The Labute approximate surface area is 133 Å². The number of hydrogen-bond donors (Lipinski definition) is 2. The summed E-state index contributed by atoms with van der Waals surface area (Å²) in [5.74, 6) is 1.55. The van der Waals surface area contributed by atoms with E-state index >= 15 is 0 Å². The fraction of sp³-hybridized carbons (Fsp3) is 0.375. The normalized spacial score (nSPS) is 13.9. The molecule has 0 saturated heterocycles. The molecular formula is C16H17N3O4. The standard InChI is InChI=1S/C16H17N3O4/c1-3-4-8-16(18-19-16)9-7-14(20)17-12-6-5-11(15(21)22)10-13(12)23-2/h1,5-6,10H,4,7-9H2,2H3,(H,17,20)(H,21,22). The van der Waals surface area contributed by atoms with Gasteiger partial charge < -0.3 is 15.2 Å². The maximum atomic E-state index is 12.0. The Morgan fingerprint density at radius 2 is 2.13 bits per heavy atom. The van der Waals surface area contributed by atoms with Crippen LogP contribution in [0.1, 0.15) is 36.0 Å². The smallest absolute Gasteiger partial charge is 0.335 e. The molecule has 0 unspecified atom stereocenters. The number of carbonyl (C=O) groups excluding carboxylic acids is 1. The van der Waals surface area contributed by atoms with Gasteiger partial charge in [0, 0.05) is 25.7 Å². The van der Waals surface area contributed by atoms with E-state index in [1.54, 1.807) is 0 Å². The molecule has 0 fully saturated rings. The van der Waals surface area contributed by atoms with Crippen molar-refractivity contribution in [2.24, 2.45) is 10.2 Å². The number of nitrogens with zero attached hydrogens (tertiary/aromatic N) is 2. The van der Waals surface area contributed by atoms with Gasteiger partial charge in [0.1, 0.15) is 5.75 Å². The lowest BCUT2D eigenvalue weighted by Crippen LogP contribution is -2.18. The van der Waals surface area contributed by atoms with Crippen LogP contribution < -0.4 is 10.1 Å². The third-order valence-corrected chi connectivity index (χ3v) is 3.53. The number of rotatable bonds is 8. The first-order chi connectivity index (χ1) is 11.0. The molecule has 1 heterocycles. The molecule has 0 radical (unpaired) electrons. The number of carbonyl (C=O) groups is 2. The van der Waals surface area contributed by atoms with Crippen molar-refractivity contribution in [1.82, 2.24) is 0 Å². The van der Waals surface area contributed by atoms with Gasteiger partial charge in [-0.2, -0.15) is 10.2 Å². The van der Waals surface area contributed by atoms with Crippen LogP contribution in [0.25, 0.3) is 0 Å². The number of terminal acetylenes is 1. The summed E-state index contributed by atoms with van der Waals surface area (Å²) in [4.78, 5) is 23.0. The zero-order valence-electron chi connectivity index (χ0n) is 12.7. The first kappa shape index (κ1) is 16.5. The fourth-order valence-corrected chi connectivity index (χ4v) is 2.12. The highest BCUT2D eigenvalue weighted by Crippen LogP contribution is 2.37. The summed E-state index contributed by atoms with van der Waals surface area (Å²) >= 11 is 0. The lowest BCUT2D eigenvalue weighted by molar-refractivity contribution is -0.116. The lowest BCUT2D eigenvalue weighted by atomic mass is 10.0. The molecule has 0 aromatic heterocycles. The fourth-order valence-electron chi connectivity index (χ4n) is 2.12. The summed E-state index contributed by atoms with van der Waals surface area (Å²) in [6.07, 6.45) is 7.17. The number of methoxy groups -OCH3 is 1. The van der Waals surface area contributed by atoms with Gasteiger partial charge in [0.15, 0.2) is 5.66 Å². The van der Waals surface area contributed by atoms with Crippen LogP contribution in [0.3, 0.4) is 0 Å². The van der Waals surface area contributed by atoms with Crippen LogP contribution in [0, 0.1) is 12.3 Å². The summed E-state index contributed by atoms with van der Waals surface area (Å²) in [6, 6.07) is 4.26. The topological polar surface area (TPSA) is 100 Å². The highest BCUT2D eigenvalue weighted by molar-refractivity contribution is 5.94. The summed E-state index contributed by atoms with van der Waals surface area (Å²) in [5, 5.41) is 19.6. The second-order valence-electron chi connectivity index (χ2n) is 5.15. The van der Waals surface area contributed by atoms with E-state index in [0.29, 0.717) is 30.7 Å². The van der Waals surface area contributed by atoms with E-state index < -0.39 is 11.6 Å². The van der Waals surface area contributed by atoms with Crippen LogP contribution in [0.15, 0.2) is 28.4 Å². The van der Waals surface area contributed by atoms with Gasteiger partial charge in [0.25, 0.3) is 0 Å². The van der Waals surface area contributed by atoms with Gasteiger partial charge in [0.05, 0.1) is 18.4 Å². The van der Waals surface area contributed by atoms with Gasteiger partial charge in [-0.25, -0.2) is 4.79 Å². The Balaban J connectivity index is 1.93. The lowest BCUT2D eigenvalue weighted by Gasteiger charge is -2.12. The van der Waals surface area contributed by atoms with Crippen molar-refractivity contribution in [3.05, 3.63) is 23.8 Å². The first-order valence-electron chi connectivity index (χ1n) is 7.08. The molecule has 1 aromatic carbocycles. The molecule has 2 rings (SSSR count). The van der Waals surface area contributed by atoms with Crippen molar-refractivity contribution in [1.29, 1.82) is 0 Å². The monoisotopic (exact) mass is 315 g/mol. The van der Waals surface area contributed by atoms with Crippen LogP contribution in [0.4, 0.5) is 5.69 Å². The number of aromatic carboxylic acids is 1. The SMILES string of the molecule is C#CCCC1(CCC(=O)Nc2ccc(C(=O)O)cc2OC)N=N1.